The highest BCUT2D eigenvalue weighted by atomic mass is 32.2. The molecule has 0 spiro atoms. The summed E-state index contributed by atoms with van der Waals surface area (Å²) < 4.78 is 0. The zero-order valence-corrected chi connectivity index (χ0v) is 13.1. The molecule has 1 aromatic rings. The van der Waals surface area contributed by atoms with Crippen molar-refractivity contribution in [2.75, 3.05) is 18.1 Å². The molecule has 0 bridgehead atoms. The first-order chi connectivity index (χ1) is 8.74. The van der Waals surface area contributed by atoms with Gasteiger partial charge in [0.2, 0.25) is 0 Å². The third-order valence-corrected chi connectivity index (χ3v) is 6.71. The Hall–Kier alpha value is -0.120. The second-order valence-corrected chi connectivity index (χ2v) is 7.57. The van der Waals surface area contributed by atoms with Crippen molar-refractivity contribution in [2.45, 2.75) is 37.3 Å². The maximum absolute atomic E-state index is 3.71. The van der Waals surface area contributed by atoms with Crippen LogP contribution in [0.4, 0.5) is 0 Å². The monoisotopic (exact) mass is 281 g/mol. The van der Waals surface area contributed by atoms with Gasteiger partial charge in [-0.1, -0.05) is 38.1 Å². The summed E-state index contributed by atoms with van der Waals surface area (Å²) in [6, 6.07) is 9.30. The first kappa shape index (κ1) is 14.3. The van der Waals surface area contributed by atoms with Crippen LogP contribution in [0.2, 0.25) is 0 Å². The molecule has 3 atom stereocenters. The summed E-state index contributed by atoms with van der Waals surface area (Å²) in [4.78, 5) is 0. The second kappa shape index (κ2) is 6.88. The Balaban J connectivity index is 2.24. The van der Waals surface area contributed by atoms with E-state index in [2.05, 4.69) is 73.9 Å². The largest absolute Gasteiger partial charge is 0.309 e. The molecule has 1 N–H and O–H groups in total. The number of thioether (sulfide) groups is 2. The predicted octanol–water partition coefficient (Wildman–Crippen LogP) is 3.88. The summed E-state index contributed by atoms with van der Waals surface area (Å²) in [5.41, 5.74) is 2.89. The van der Waals surface area contributed by atoms with Gasteiger partial charge in [-0.2, -0.15) is 23.5 Å². The van der Waals surface area contributed by atoms with Crippen LogP contribution in [0.3, 0.4) is 0 Å². The van der Waals surface area contributed by atoms with Crippen molar-refractivity contribution in [2.24, 2.45) is 0 Å². The molecule has 1 fully saturated rings. The minimum absolute atomic E-state index is 0.490. The summed E-state index contributed by atoms with van der Waals surface area (Å²) in [5, 5.41) is 5.12. The number of aryl methyl sites for hydroxylation is 1. The van der Waals surface area contributed by atoms with Crippen molar-refractivity contribution < 1.29 is 0 Å². The zero-order valence-electron chi connectivity index (χ0n) is 11.5. The van der Waals surface area contributed by atoms with Crippen molar-refractivity contribution in [3.05, 3.63) is 35.4 Å². The van der Waals surface area contributed by atoms with E-state index < -0.39 is 0 Å². The van der Waals surface area contributed by atoms with E-state index in [1.807, 2.05) is 0 Å². The van der Waals surface area contributed by atoms with Crippen LogP contribution in [0.25, 0.3) is 0 Å². The molecular weight excluding hydrogens is 258 g/mol. The van der Waals surface area contributed by atoms with E-state index in [1.165, 1.54) is 22.6 Å². The average molecular weight is 281 g/mol. The SMILES string of the molecule is CCNC(c1ccccc1C)C1SCCSC1C. The van der Waals surface area contributed by atoms with E-state index >= 15 is 0 Å². The van der Waals surface area contributed by atoms with Crippen LogP contribution in [0, 0.1) is 6.92 Å². The fourth-order valence-corrected chi connectivity index (χ4v) is 5.51. The van der Waals surface area contributed by atoms with Crippen molar-refractivity contribution >= 4 is 23.5 Å². The third-order valence-electron chi connectivity index (χ3n) is 3.51. The molecule has 1 aliphatic heterocycles. The summed E-state index contributed by atoms with van der Waals surface area (Å²) in [6.07, 6.45) is 0. The standard InChI is InChI=1S/C15H23NS2/c1-4-16-14(13-8-6-5-7-11(13)2)15-12(3)17-9-10-18-15/h5-8,12,14-16H,4,9-10H2,1-3H3. The van der Waals surface area contributed by atoms with Gasteiger partial charge in [-0.3, -0.25) is 0 Å². The van der Waals surface area contributed by atoms with Gasteiger partial charge in [0.25, 0.3) is 0 Å². The third kappa shape index (κ3) is 3.25. The number of benzene rings is 1. The van der Waals surface area contributed by atoms with Crippen LogP contribution in [-0.4, -0.2) is 28.6 Å². The van der Waals surface area contributed by atoms with Gasteiger partial charge >= 0.3 is 0 Å². The molecule has 0 saturated carbocycles. The van der Waals surface area contributed by atoms with E-state index in [0.29, 0.717) is 11.3 Å². The van der Waals surface area contributed by atoms with E-state index in [4.69, 9.17) is 0 Å². The van der Waals surface area contributed by atoms with Crippen LogP contribution in [0.15, 0.2) is 24.3 Å². The predicted molar refractivity (Wildman–Crippen MR) is 85.8 cm³/mol. The van der Waals surface area contributed by atoms with Crippen LogP contribution in [0.5, 0.6) is 0 Å². The molecule has 2 rings (SSSR count). The van der Waals surface area contributed by atoms with Crippen molar-refractivity contribution in [1.29, 1.82) is 0 Å². The van der Waals surface area contributed by atoms with Crippen molar-refractivity contribution in [3.8, 4) is 0 Å². The fraction of sp³-hybridized carbons (Fsp3) is 0.600. The zero-order chi connectivity index (χ0) is 13.0. The smallest absolute Gasteiger partial charge is 0.0453 e. The number of hydrogen-bond donors (Lipinski definition) is 1. The molecule has 18 heavy (non-hydrogen) atoms. The number of nitrogens with one attached hydrogen (secondary N) is 1. The molecule has 1 aromatic carbocycles. The lowest BCUT2D eigenvalue weighted by molar-refractivity contribution is 0.523. The Labute approximate surface area is 120 Å². The Morgan fingerprint density at radius 3 is 2.67 bits per heavy atom. The molecular formula is C15H23NS2. The molecule has 100 valence electrons. The topological polar surface area (TPSA) is 12.0 Å². The first-order valence-electron chi connectivity index (χ1n) is 6.76. The summed E-state index contributed by atoms with van der Waals surface area (Å²) in [5.74, 6) is 2.59. The lowest BCUT2D eigenvalue weighted by atomic mass is 9.97. The molecule has 3 heteroatoms. The molecule has 0 aromatic heterocycles. The number of rotatable bonds is 4. The highest BCUT2D eigenvalue weighted by molar-refractivity contribution is 8.07. The molecule has 0 amide bonds. The van der Waals surface area contributed by atoms with Gasteiger partial charge < -0.3 is 5.32 Å². The lowest BCUT2D eigenvalue weighted by Crippen LogP contribution is -2.38. The molecule has 1 heterocycles. The van der Waals surface area contributed by atoms with Crippen LogP contribution in [-0.2, 0) is 0 Å². The molecule has 3 unspecified atom stereocenters. The lowest BCUT2D eigenvalue weighted by Gasteiger charge is -2.35. The second-order valence-electron chi connectivity index (χ2n) is 4.80. The maximum atomic E-state index is 3.71. The maximum Gasteiger partial charge on any atom is 0.0453 e. The minimum atomic E-state index is 0.490. The van der Waals surface area contributed by atoms with Gasteiger partial charge in [0.1, 0.15) is 0 Å². The van der Waals surface area contributed by atoms with Gasteiger partial charge in [-0.15, -0.1) is 0 Å². The summed E-state index contributed by atoms with van der Waals surface area (Å²) in [6.45, 7) is 7.85. The molecule has 1 saturated heterocycles. The molecule has 0 radical (unpaired) electrons. The van der Waals surface area contributed by atoms with E-state index in [9.17, 15) is 0 Å². The van der Waals surface area contributed by atoms with E-state index in [0.717, 1.165) is 11.8 Å². The van der Waals surface area contributed by atoms with Gasteiger partial charge in [-0.05, 0) is 24.6 Å². The first-order valence-corrected chi connectivity index (χ1v) is 8.86. The highest BCUT2D eigenvalue weighted by Crippen LogP contribution is 2.39. The summed E-state index contributed by atoms with van der Waals surface area (Å²) >= 11 is 4.26. The number of hydrogen-bond acceptors (Lipinski definition) is 3. The fourth-order valence-electron chi connectivity index (χ4n) is 2.57. The van der Waals surface area contributed by atoms with Crippen LogP contribution < -0.4 is 5.32 Å². The Morgan fingerprint density at radius 2 is 2.00 bits per heavy atom. The normalized spacial score (nSPS) is 25.9. The van der Waals surface area contributed by atoms with Crippen molar-refractivity contribution in [1.82, 2.24) is 5.32 Å². The Morgan fingerprint density at radius 1 is 1.28 bits per heavy atom. The van der Waals surface area contributed by atoms with Gasteiger partial charge in [0.15, 0.2) is 0 Å². The highest BCUT2D eigenvalue weighted by Gasteiger charge is 2.31. The minimum Gasteiger partial charge on any atom is -0.309 e. The van der Waals surface area contributed by atoms with Crippen LogP contribution in [0.1, 0.15) is 31.0 Å². The molecule has 0 aliphatic carbocycles. The van der Waals surface area contributed by atoms with Gasteiger partial charge in [-0.25, -0.2) is 0 Å². The quantitative estimate of drug-likeness (QED) is 0.899. The van der Waals surface area contributed by atoms with Gasteiger partial charge in [0, 0.05) is 28.0 Å². The summed E-state index contributed by atoms with van der Waals surface area (Å²) in [7, 11) is 0. The van der Waals surface area contributed by atoms with Crippen molar-refractivity contribution in [3.63, 3.8) is 0 Å². The average Bonchev–Trinajstić information content (AvgIpc) is 2.38. The van der Waals surface area contributed by atoms with E-state index in [1.54, 1.807) is 0 Å². The Kier molecular flexibility index (Phi) is 5.46. The van der Waals surface area contributed by atoms with E-state index in [-0.39, 0.29) is 0 Å². The molecule has 1 aliphatic rings. The van der Waals surface area contributed by atoms with Crippen LogP contribution >= 0.6 is 23.5 Å². The molecule has 1 nitrogen and oxygen atoms in total. The van der Waals surface area contributed by atoms with Gasteiger partial charge in [0.05, 0.1) is 0 Å². The Bertz CT molecular complexity index is 381.